The molecule has 0 saturated carbocycles. The summed E-state index contributed by atoms with van der Waals surface area (Å²) in [6.45, 7) is 1.69. The van der Waals surface area contributed by atoms with Crippen molar-refractivity contribution in [3.8, 4) is 0 Å². The Morgan fingerprint density at radius 2 is 2.28 bits per heavy atom. The predicted octanol–water partition coefficient (Wildman–Crippen LogP) is 1.82. The summed E-state index contributed by atoms with van der Waals surface area (Å²) in [5, 5.41) is 9.06. The first-order chi connectivity index (χ1) is 8.83. The second-order valence-electron chi connectivity index (χ2n) is 4.64. The van der Waals surface area contributed by atoms with Crippen molar-refractivity contribution in [2.75, 3.05) is 11.4 Å². The third-order valence-corrected chi connectivity index (χ3v) is 3.99. The molecule has 0 amide bonds. The highest BCUT2D eigenvalue weighted by molar-refractivity contribution is 7.09. The van der Waals surface area contributed by atoms with Crippen LogP contribution in [-0.2, 0) is 13.0 Å². The fourth-order valence-corrected chi connectivity index (χ4v) is 2.96. The molecule has 1 aromatic carbocycles. The topological polar surface area (TPSA) is 55.0 Å². The summed E-state index contributed by atoms with van der Waals surface area (Å²) >= 11 is 1.59. The van der Waals surface area contributed by atoms with Gasteiger partial charge in [0.2, 0.25) is 0 Å². The number of aromatic nitrogens is 2. The molecule has 2 N–H and O–H groups in total. The van der Waals surface area contributed by atoms with Crippen LogP contribution in [-0.4, -0.2) is 22.8 Å². The van der Waals surface area contributed by atoms with E-state index in [-0.39, 0.29) is 6.04 Å². The molecule has 0 bridgehead atoms. The van der Waals surface area contributed by atoms with E-state index in [1.165, 1.54) is 11.3 Å². The zero-order valence-corrected chi connectivity index (χ0v) is 10.9. The Morgan fingerprint density at radius 3 is 3.11 bits per heavy atom. The van der Waals surface area contributed by atoms with Gasteiger partial charge in [-0.1, -0.05) is 18.2 Å². The molecule has 94 valence electrons. The summed E-state index contributed by atoms with van der Waals surface area (Å²) in [5.41, 5.74) is 10.6. The van der Waals surface area contributed by atoms with Crippen molar-refractivity contribution in [1.82, 2.24) is 10.2 Å². The van der Waals surface area contributed by atoms with Crippen LogP contribution in [0.5, 0.6) is 0 Å². The minimum absolute atomic E-state index is 0.227. The molecule has 2 aromatic rings. The predicted molar refractivity (Wildman–Crippen MR) is 73.7 cm³/mol. The molecule has 4 nitrogen and oxygen atoms in total. The van der Waals surface area contributed by atoms with Crippen molar-refractivity contribution in [1.29, 1.82) is 0 Å². The molecule has 0 radical (unpaired) electrons. The van der Waals surface area contributed by atoms with E-state index >= 15 is 0 Å². The number of para-hydroxylation sites is 1. The number of aryl methyl sites for hydroxylation is 1. The zero-order chi connectivity index (χ0) is 12.4. The lowest BCUT2D eigenvalue weighted by Crippen LogP contribution is -2.36. The van der Waals surface area contributed by atoms with Crippen LogP contribution in [0.2, 0.25) is 0 Å². The molecule has 1 aromatic heterocycles. The monoisotopic (exact) mass is 260 g/mol. The van der Waals surface area contributed by atoms with Crippen LogP contribution < -0.4 is 10.6 Å². The normalized spacial score (nSPS) is 19.4. The Morgan fingerprint density at radius 1 is 1.39 bits per heavy atom. The summed E-state index contributed by atoms with van der Waals surface area (Å²) < 4.78 is 0. The van der Waals surface area contributed by atoms with Crippen LogP contribution in [0.25, 0.3) is 0 Å². The van der Waals surface area contributed by atoms with E-state index in [0.717, 1.165) is 30.9 Å². The van der Waals surface area contributed by atoms with Gasteiger partial charge in [0.05, 0.1) is 6.54 Å². The lowest BCUT2D eigenvalue weighted by molar-refractivity contribution is 0.606. The SMILES string of the molecule is NC1CCc2ccccc2N(Cc2nncs2)C1. The van der Waals surface area contributed by atoms with Gasteiger partial charge in [-0.2, -0.15) is 0 Å². The fourth-order valence-electron chi connectivity index (χ4n) is 2.42. The highest BCUT2D eigenvalue weighted by Crippen LogP contribution is 2.27. The van der Waals surface area contributed by atoms with E-state index in [2.05, 4.69) is 39.4 Å². The van der Waals surface area contributed by atoms with Crippen molar-refractivity contribution in [3.05, 3.63) is 40.3 Å². The summed E-state index contributed by atoms with van der Waals surface area (Å²) in [5.74, 6) is 0. The molecule has 0 aliphatic carbocycles. The number of nitrogens with two attached hydrogens (primary N) is 1. The molecule has 1 aliphatic heterocycles. The lowest BCUT2D eigenvalue weighted by atomic mass is 10.1. The van der Waals surface area contributed by atoms with Crippen LogP contribution in [0.4, 0.5) is 5.69 Å². The quantitative estimate of drug-likeness (QED) is 0.895. The molecular formula is C13H16N4S. The average molecular weight is 260 g/mol. The van der Waals surface area contributed by atoms with Crippen molar-refractivity contribution < 1.29 is 0 Å². The minimum atomic E-state index is 0.227. The van der Waals surface area contributed by atoms with Gasteiger partial charge < -0.3 is 10.6 Å². The highest BCUT2D eigenvalue weighted by atomic mass is 32.1. The Balaban J connectivity index is 1.91. The first-order valence-electron chi connectivity index (χ1n) is 6.16. The molecular weight excluding hydrogens is 244 g/mol. The summed E-state index contributed by atoms with van der Waals surface area (Å²) in [4.78, 5) is 2.33. The number of anilines is 1. The minimum Gasteiger partial charge on any atom is -0.363 e. The number of hydrogen-bond donors (Lipinski definition) is 1. The van der Waals surface area contributed by atoms with Crippen LogP contribution in [0, 0.1) is 0 Å². The standard InChI is InChI=1S/C13H16N4S/c14-11-6-5-10-3-1-2-4-12(10)17(7-11)8-13-16-15-9-18-13/h1-4,9,11H,5-8,14H2. The van der Waals surface area contributed by atoms with E-state index in [0.29, 0.717) is 0 Å². The highest BCUT2D eigenvalue weighted by Gasteiger charge is 2.20. The largest absolute Gasteiger partial charge is 0.363 e. The Bertz CT molecular complexity index is 511. The number of hydrogen-bond acceptors (Lipinski definition) is 5. The molecule has 3 rings (SSSR count). The molecule has 1 unspecified atom stereocenters. The van der Waals surface area contributed by atoms with E-state index < -0.39 is 0 Å². The summed E-state index contributed by atoms with van der Waals surface area (Å²) in [7, 11) is 0. The van der Waals surface area contributed by atoms with Gasteiger partial charge in [0.1, 0.15) is 10.5 Å². The summed E-state index contributed by atoms with van der Waals surface area (Å²) in [6.07, 6.45) is 2.10. The fraction of sp³-hybridized carbons (Fsp3) is 0.385. The maximum absolute atomic E-state index is 6.16. The Labute approximate surface area is 110 Å². The average Bonchev–Trinajstić information content (AvgIpc) is 2.83. The van der Waals surface area contributed by atoms with Gasteiger partial charge >= 0.3 is 0 Å². The molecule has 1 aliphatic rings. The van der Waals surface area contributed by atoms with Crippen LogP contribution in [0.1, 0.15) is 17.0 Å². The maximum Gasteiger partial charge on any atom is 0.136 e. The van der Waals surface area contributed by atoms with Crippen LogP contribution in [0.3, 0.4) is 0 Å². The Hall–Kier alpha value is -1.46. The van der Waals surface area contributed by atoms with E-state index in [4.69, 9.17) is 5.73 Å². The third kappa shape index (κ3) is 2.37. The van der Waals surface area contributed by atoms with Gasteiger partial charge in [-0.15, -0.1) is 21.5 Å². The molecule has 18 heavy (non-hydrogen) atoms. The molecule has 0 spiro atoms. The number of rotatable bonds is 2. The summed E-state index contributed by atoms with van der Waals surface area (Å²) in [6, 6.07) is 8.78. The van der Waals surface area contributed by atoms with Crippen molar-refractivity contribution in [2.24, 2.45) is 5.73 Å². The van der Waals surface area contributed by atoms with E-state index in [1.807, 2.05) is 0 Å². The first kappa shape index (κ1) is 11.6. The van der Waals surface area contributed by atoms with Gasteiger partial charge in [0.25, 0.3) is 0 Å². The zero-order valence-electron chi connectivity index (χ0n) is 10.1. The number of nitrogens with zero attached hydrogens (tertiary/aromatic N) is 3. The molecule has 1 atom stereocenters. The van der Waals surface area contributed by atoms with E-state index in [1.54, 1.807) is 16.8 Å². The molecule has 0 saturated heterocycles. The Kier molecular flexibility index (Phi) is 3.25. The smallest absolute Gasteiger partial charge is 0.136 e. The van der Waals surface area contributed by atoms with Crippen LogP contribution in [0.15, 0.2) is 29.8 Å². The van der Waals surface area contributed by atoms with E-state index in [9.17, 15) is 0 Å². The van der Waals surface area contributed by atoms with Crippen molar-refractivity contribution >= 4 is 17.0 Å². The van der Waals surface area contributed by atoms with Crippen molar-refractivity contribution in [3.63, 3.8) is 0 Å². The van der Waals surface area contributed by atoms with Gasteiger partial charge in [0, 0.05) is 18.3 Å². The lowest BCUT2D eigenvalue weighted by Gasteiger charge is -2.25. The maximum atomic E-state index is 6.16. The molecule has 0 fully saturated rings. The third-order valence-electron chi connectivity index (χ3n) is 3.30. The van der Waals surface area contributed by atoms with Gasteiger partial charge in [-0.05, 0) is 24.5 Å². The second kappa shape index (κ2) is 5.04. The number of benzene rings is 1. The van der Waals surface area contributed by atoms with Gasteiger partial charge in [-0.3, -0.25) is 0 Å². The molecule has 5 heteroatoms. The molecule has 2 heterocycles. The van der Waals surface area contributed by atoms with Crippen LogP contribution >= 0.6 is 11.3 Å². The first-order valence-corrected chi connectivity index (χ1v) is 7.04. The van der Waals surface area contributed by atoms with Crippen molar-refractivity contribution in [2.45, 2.75) is 25.4 Å². The number of fused-ring (bicyclic) bond motifs is 1. The van der Waals surface area contributed by atoms with Gasteiger partial charge in [0.15, 0.2) is 0 Å². The second-order valence-corrected chi connectivity index (χ2v) is 5.56. The van der Waals surface area contributed by atoms with Gasteiger partial charge in [-0.25, -0.2) is 0 Å².